The van der Waals surface area contributed by atoms with Crippen LogP contribution in [-0.2, 0) is 0 Å². The van der Waals surface area contributed by atoms with E-state index in [-0.39, 0.29) is 39.1 Å². The Hall–Kier alpha value is -0.240. The van der Waals surface area contributed by atoms with E-state index < -0.39 is 24.2 Å². The van der Waals surface area contributed by atoms with Crippen molar-refractivity contribution in [2.75, 3.05) is 19.8 Å². The van der Waals surface area contributed by atoms with E-state index in [9.17, 15) is 15.3 Å². The molecule has 16 heavy (non-hydrogen) atoms. The molecule has 0 saturated heterocycles. The zero-order chi connectivity index (χ0) is 12.6. The summed E-state index contributed by atoms with van der Waals surface area (Å²) >= 11 is 0. The molecule has 0 aromatic rings. The first kappa shape index (κ1) is 15.8. The molecule has 0 aliphatic rings. The fourth-order valence-corrected chi connectivity index (χ4v) is 1.74. The van der Waals surface area contributed by atoms with Crippen molar-refractivity contribution in [3.63, 3.8) is 0 Å². The first-order valence-corrected chi connectivity index (χ1v) is 5.45. The summed E-state index contributed by atoms with van der Waals surface area (Å²) in [5.74, 6) is -0.869. The first-order chi connectivity index (χ1) is 7.58. The highest BCUT2D eigenvalue weighted by Gasteiger charge is 2.32. The van der Waals surface area contributed by atoms with Crippen LogP contribution in [-0.4, -0.2) is 68.8 Å². The Labute approximate surface area is 94.8 Å². The van der Waals surface area contributed by atoms with Crippen molar-refractivity contribution in [1.29, 1.82) is 0 Å². The van der Waals surface area contributed by atoms with Crippen LogP contribution in [0.1, 0.15) is 19.3 Å². The summed E-state index contributed by atoms with van der Waals surface area (Å²) in [6, 6.07) is 0. The molecule has 0 saturated carbocycles. The van der Waals surface area contributed by atoms with E-state index in [1.54, 1.807) is 0 Å². The molecule has 0 radical (unpaired) electrons. The number of hydrogen-bond acceptors (Lipinski definition) is 6. The van der Waals surface area contributed by atoms with Gasteiger partial charge in [-0.2, -0.15) is 0 Å². The fourth-order valence-electron chi connectivity index (χ4n) is 1.74. The van der Waals surface area contributed by atoms with Crippen LogP contribution in [0.2, 0.25) is 0 Å². The van der Waals surface area contributed by atoms with Gasteiger partial charge in [0.25, 0.3) is 0 Å². The van der Waals surface area contributed by atoms with Crippen molar-refractivity contribution in [3.8, 4) is 0 Å². The summed E-state index contributed by atoms with van der Waals surface area (Å²) in [5, 5.41) is 55.0. The highest BCUT2D eigenvalue weighted by molar-refractivity contribution is 4.82. The zero-order valence-electron chi connectivity index (χ0n) is 9.24. The molecule has 6 N–H and O–H groups in total. The second-order valence-corrected chi connectivity index (χ2v) is 3.82. The maximum Gasteiger partial charge on any atom is 0.0639 e. The SMILES string of the molecule is OCCC(O)C(C(O)CCO)C(O)CCO. The minimum absolute atomic E-state index is 0.0373. The van der Waals surface area contributed by atoms with Crippen LogP contribution in [0, 0.1) is 5.92 Å². The monoisotopic (exact) mass is 238 g/mol. The fraction of sp³-hybridized carbons (Fsp3) is 1.00. The van der Waals surface area contributed by atoms with Crippen LogP contribution in [0.25, 0.3) is 0 Å². The maximum absolute atomic E-state index is 9.66. The average Bonchev–Trinajstić information content (AvgIpc) is 2.19. The third-order valence-electron chi connectivity index (χ3n) is 2.61. The minimum Gasteiger partial charge on any atom is -0.396 e. The lowest BCUT2D eigenvalue weighted by Gasteiger charge is -2.31. The Morgan fingerprint density at radius 1 is 0.562 bits per heavy atom. The Morgan fingerprint density at radius 2 is 0.812 bits per heavy atom. The Balaban J connectivity index is 4.47. The van der Waals surface area contributed by atoms with Gasteiger partial charge in [-0.1, -0.05) is 0 Å². The third kappa shape index (κ3) is 5.20. The van der Waals surface area contributed by atoms with Crippen molar-refractivity contribution >= 4 is 0 Å². The minimum atomic E-state index is -1.06. The molecular formula is C10H22O6. The molecule has 0 aromatic heterocycles. The number of aliphatic hydroxyl groups excluding tert-OH is 6. The molecule has 98 valence electrons. The molecule has 0 spiro atoms. The summed E-state index contributed by atoms with van der Waals surface area (Å²) in [6.07, 6.45) is -3.07. The van der Waals surface area contributed by atoms with Crippen LogP contribution in [0.4, 0.5) is 0 Å². The molecule has 0 fully saturated rings. The third-order valence-corrected chi connectivity index (χ3v) is 2.61. The number of aliphatic hydroxyl groups is 6. The molecule has 6 heteroatoms. The van der Waals surface area contributed by atoms with Gasteiger partial charge in [0.2, 0.25) is 0 Å². The van der Waals surface area contributed by atoms with E-state index in [1.807, 2.05) is 0 Å². The molecule has 0 heterocycles. The summed E-state index contributed by atoms with van der Waals surface area (Å²) in [5.41, 5.74) is 0. The highest BCUT2D eigenvalue weighted by atomic mass is 16.3. The van der Waals surface area contributed by atoms with Crippen LogP contribution in [0.3, 0.4) is 0 Å². The standard InChI is InChI=1S/C10H22O6/c11-4-1-7(14)10(8(15)2-5-12)9(16)3-6-13/h7-16H,1-6H2. The topological polar surface area (TPSA) is 121 Å². The normalized spacial score (nSPS) is 19.1. The molecule has 3 unspecified atom stereocenters. The van der Waals surface area contributed by atoms with Crippen LogP contribution < -0.4 is 0 Å². The van der Waals surface area contributed by atoms with Crippen LogP contribution in [0.5, 0.6) is 0 Å². The van der Waals surface area contributed by atoms with E-state index in [1.165, 1.54) is 0 Å². The predicted molar refractivity (Wildman–Crippen MR) is 56.6 cm³/mol. The van der Waals surface area contributed by atoms with E-state index in [0.29, 0.717) is 0 Å². The summed E-state index contributed by atoms with van der Waals surface area (Å²) in [6.45, 7) is -0.764. The largest absolute Gasteiger partial charge is 0.396 e. The van der Waals surface area contributed by atoms with Gasteiger partial charge in [0, 0.05) is 25.7 Å². The van der Waals surface area contributed by atoms with Gasteiger partial charge in [-0.3, -0.25) is 0 Å². The van der Waals surface area contributed by atoms with E-state index >= 15 is 0 Å². The van der Waals surface area contributed by atoms with Crippen LogP contribution in [0.15, 0.2) is 0 Å². The van der Waals surface area contributed by atoms with Crippen molar-refractivity contribution in [2.45, 2.75) is 37.6 Å². The van der Waals surface area contributed by atoms with Crippen LogP contribution >= 0.6 is 0 Å². The maximum atomic E-state index is 9.66. The van der Waals surface area contributed by atoms with Gasteiger partial charge in [0.15, 0.2) is 0 Å². The van der Waals surface area contributed by atoms with Gasteiger partial charge in [0.1, 0.15) is 0 Å². The van der Waals surface area contributed by atoms with Gasteiger partial charge in [0.05, 0.1) is 18.3 Å². The molecule has 3 atom stereocenters. The molecule has 0 rings (SSSR count). The average molecular weight is 238 g/mol. The number of hydrogen-bond donors (Lipinski definition) is 6. The molecule has 0 bridgehead atoms. The van der Waals surface area contributed by atoms with E-state index in [0.717, 1.165) is 0 Å². The smallest absolute Gasteiger partial charge is 0.0639 e. The summed E-state index contributed by atoms with van der Waals surface area (Å²) in [4.78, 5) is 0. The van der Waals surface area contributed by atoms with Crippen molar-refractivity contribution in [1.82, 2.24) is 0 Å². The van der Waals surface area contributed by atoms with Gasteiger partial charge in [-0.25, -0.2) is 0 Å². The van der Waals surface area contributed by atoms with Crippen molar-refractivity contribution in [3.05, 3.63) is 0 Å². The first-order valence-electron chi connectivity index (χ1n) is 5.45. The summed E-state index contributed by atoms with van der Waals surface area (Å²) in [7, 11) is 0. The lowest BCUT2D eigenvalue weighted by molar-refractivity contribution is -0.0743. The predicted octanol–water partition coefficient (Wildman–Crippen LogP) is -2.17. The lowest BCUT2D eigenvalue weighted by atomic mass is 9.85. The quantitative estimate of drug-likeness (QED) is 0.272. The Bertz CT molecular complexity index is 137. The highest BCUT2D eigenvalue weighted by Crippen LogP contribution is 2.21. The zero-order valence-corrected chi connectivity index (χ0v) is 9.24. The van der Waals surface area contributed by atoms with E-state index in [4.69, 9.17) is 15.3 Å². The van der Waals surface area contributed by atoms with Crippen molar-refractivity contribution in [2.24, 2.45) is 5.92 Å². The lowest BCUT2D eigenvalue weighted by Crippen LogP contribution is -2.42. The molecule has 6 nitrogen and oxygen atoms in total. The molecule has 0 aliphatic carbocycles. The summed E-state index contributed by atoms with van der Waals surface area (Å²) < 4.78 is 0. The molecular weight excluding hydrogens is 216 g/mol. The van der Waals surface area contributed by atoms with Gasteiger partial charge in [-0.15, -0.1) is 0 Å². The second kappa shape index (κ2) is 8.86. The molecule has 0 aromatic carbocycles. The molecule has 0 aliphatic heterocycles. The molecule has 0 amide bonds. The second-order valence-electron chi connectivity index (χ2n) is 3.82. The van der Waals surface area contributed by atoms with Gasteiger partial charge >= 0.3 is 0 Å². The van der Waals surface area contributed by atoms with Gasteiger partial charge in [-0.05, 0) is 19.3 Å². The van der Waals surface area contributed by atoms with Crippen molar-refractivity contribution < 1.29 is 30.6 Å². The Morgan fingerprint density at radius 3 is 1.00 bits per heavy atom. The van der Waals surface area contributed by atoms with E-state index in [2.05, 4.69) is 0 Å². The Kier molecular flexibility index (Phi) is 8.73. The van der Waals surface area contributed by atoms with Gasteiger partial charge < -0.3 is 30.6 Å². The number of rotatable bonds is 9.